The van der Waals surface area contributed by atoms with E-state index in [-0.39, 0.29) is 42.9 Å². The predicted molar refractivity (Wildman–Crippen MR) is 164 cm³/mol. The summed E-state index contributed by atoms with van der Waals surface area (Å²) in [5.41, 5.74) is 5.59. The second-order valence-electron chi connectivity index (χ2n) is 10.2. The third kappa shape index (κ3) is 13.9. The van der Waals surface area contributed by atoms with Gasteiger partial charge < -0.3 is 48.4 Å². The smallest absolute Gasteiger partial charge is 0.266 e. The molecule has 16 heteroatoms. The van der Waals surface area contributed by atoms with Crippen molar-refractivity contribution in [3.63, 3.8) is 0 Å². The predicted octanol–water partition coefficient (Wildman–Crippen LogP) is -0.442. The third-order valence-corrected chi connectivity index (χ3v) is 6.78. The monoisotopic (exact) mass is 669 g/mol. The van der Waals surface area contributed by atoms with Crippen LogP contribution in [0.15, 0.2) is 18.2 Å². The zero-order chi connectivity index (χ0) is 33.5. The average molecular weight is 670 g/mol. The number of ether oxygens (including phenoxy) is 9. The van der Waals surface area contributed by atoms with E-state index >= 15 is 0 Å². The molecule has 47 heavy (non-hydrogen) atoms. The van der Waals surface area contributed by atoms with Crippen molar-refractivity contribution in [1.82, 2.24) is 10.2 Å². The van der Waals surface area contributed by atoms with Gasteiger partial charge in [-0.25, -0.2) is 0 Å². The standard InChI is InChI=1S/C31H47N3O13/c32-6-7-39-8-9-40-10-11-41-12-13-42-14-15-43-16-17-44-18-19-45-20-21-46-22-23-47-26-3-1-2-24-28(26)31(38)34(30(24)37)25-4-5-27(35)33-29(25)36/h1-3,25H,4-23,32H2,(H,33,35,36). The summed E-state index contributed by atoms with van der Waals surface area (Å²) in [6, 6.07) is 3.67. The number of fused-ring (bicyclic) bond motifs is 1. The highest BCUT2D eigenvalue weighted by Gasteiger charge is 2.46. The fraction of sp³-hybridized carbons (Fsp3) is 0.677. The van der Waals surface area contributed by atoms with Crippen molar-refractivity contribution in [1.29, 1.82) is 0 Å². The normalized spacial score (nSPS) is 16.2. The maximum Gasteiger partial charge on any atom is 0.266 e. The van der Waals surface area contributed by atoms with Gasteiger partial charge in [0, 0.05) is 13.0 Å². The molecule has 0 bridgehead atoms. The van der Waals surface area contributed by atoms with Gasteiger partial charge in [-0.1, -0.05) is 6.07 Å². The first-order chi connectivity index (χ1) is 23.0. The molecule has 1 aromatic carbocycles. The van der Waals surface area contributed by atoms with E-state index in [9.17, 15) is 19.2 Å². The number of rotatable bonds is 28. The quantitative estimate of drug-likeness (QED) is 0.0862. The molecule has 3 N–H and O–H groups in total. The van der Waals surface area contributed by atoms with E-state index in [2.05, 4.69) is 5.32 Å². The number of carbonyl (C=O) groups is 4. The first kappa shape index (κ1) is 38.4. The lowest BCUT2D eigenvalue weighted by Crippen LogP contribution is -2.54. The van der Waals surface area contributed by atoms with Crippen LogP contribution in [-0.4, -0.2) is 153 Å². The van der Waals surface area contributed by atoms with Crippen molar-refractivity contribution in [2.75, 3.05) is 119 Å². The molecule has 4 amide bonds. The van der Waals surface area contributed by atoms with E-state index in [1.54, 1.807) is 12.1 Å². The lowest BCUT2D eigenvalue weighted by atomic mass is 10.0. The molecule has 0 spiro atoms. The maximum absolute atomic E-state index is 13.1. The summed E-state index contributed by atoms with van der Waals surface area (Å²) in [6.07, 6.45) is 0.138. The summed E-state index contributed by atoms with van der Waals surface area (Å²) in [7, 11) is 0. The number of hydrogen-bond donors (Lipinski definition) is 2. The van der Waals surface area contributed by atoms with Crippen LogP contribution in [0.4, 0.5) is 0 Å². The topological polar surface area (TPSA) is 193 Å². The van der Waals surface area contributed by atoms with Crippen molar-refractivity contribution in [2.24, 2.45) is 5.73 Å². The number of nitrogens with zero attached hydrogens (tertiary/aromatic N) is 1. The summed E-state index contributed by atoms with van der Waals surface area (Å²) >= 11 is 0. The Kier molecular flexibility index (Phi) is 19.0. The Hall–Kier alpha value is -3.06. The van der Waals surface area contributed by atoms with Crippen molar-refractivity contribution in [3.05, 3.63) is 29.3 Å². The van der Waals surface area contributed by atoms with E-state index in [0.29, 0.717) is 106 Å². The van der Waals surface area contributed by atoms with Gasteiger partial charge in [0.1, 0.15) is 18.4 Å². The highest BCUT2D eigenvalue weighted by atomic mass is 16.6. The van der Waals surface area contributed by atoms with Gasteiger partial charge in [0.15, 0.2) is 0 Å². The number of imide groups is 2. The summed E-state index contributed by atoms with van der Waals surface area (Å²) in [5.74, 6) is -2.07. The van der Waals surface area contributed by atoms with Crippen LogP contribution in [-0.2, 0) is 47.5 Å². The third-order valence-electron chi connectivity index (χ3n) is 6.78. The number of nitrogens with one attached hydrogen (secondary N) is 1. The number of piperidine rings is 1. The van der Waals surface area contributed by atoms with Crippen LogP contribution in [0.2, 0.25) is 0 Å². The van der Waals surface area contributed by atoms with Crippen molar-refractivity contribution in [3.8, 4) is 5.75 Å². The largest absolute Gasteiger partial charge is 0.490 e. The van der Waals surface area contributed by atoms with Crippen LogP contribution < -0.4 is 15.8 Å². The van der Waals surface area contributed by atoms with Crippen molar-refractivity contribution < 1.29 is 61.8 Å². The first-order valence-electron chi connectivity index (χ1n) is 15.8. The van der Waals surface area contributed by atoms with Crippen molar-refractivity contribution in [2.45, 2.75) is 18.9 Å². The van der Waals surface area contributed by atoms with Crippen molar-refractivity contribution >= 4 is 23.6 Å². The molecule has 2 heterocycles. The highest BCUT2D eigenvalue weighted by Crippen LogP contribution is 2.33. The molecule has 1 atom stereocenters. The van der Waals surface area contributed by atoms with E-state index in [0.717, 1.165) is 4.90 Å². The number of nitrogens with two attached hydrogens (primary N) is 1. The van der Waals surface area contributed by atoms with Crippen LogP contribution in [0.1, 0.15) is 33.6 Å². The molecule has 2 aliphatic rings. The molecule has 2 aliphatic heterocycles. The highest BCUT2D eigenvalue weighted by molar-refractivity contribution is 6.24. The van der Waals surface area contributed by atoms with E-state index in [4.69, 9.17) is 48.4 Å². The Morgan fingerprint density at radius 2 is 1.06 bits per heavy atom. The molecule has 16 nitrogen and oxygen atoms in total. The molecule has 1 aromatic rings. The number of hydrogen-bond acceptors (Lipinski definition) is 14. The van der Waals surface area contributed by atoms with Gasteiger partial charge in [-0.3, -0.25) is 29.4 Å². The van der Waals surface area contributed by atoms with Gasteiger partial charge in [0.25, 0.3) is 11.8 Å². The number of carbonyl (C=O) groups excluding carboxylic acids is 4. The minimum Gasteiger partial charge on any atom is -0.490 e. The molecular formula is C31H47N3O13. The zero-order valence-electron chi connectivity index (χ0n) is 26.8. The SMILES string of the molecule is NCCOCCOCCOCCOCCOCCOCCOCCOCCOc1cccc2c1C(=O)N(C1CCC(=O)NC1=O)C2=O. The Balaban J connectivity index is 1.09. The molecule has 264 valence electrons. The van der Waals surface area contributed by atoms with E-state index in [1.807, 2.05) is 0 Å². The Bertz CT molecular complexity index is 1110. The number of amides is 4. The van der Waals surface area contributed by atoms with E-state index in [1.165, 1.54) is 6.07 Å². The Morgan fingerprint density at radius 3 is 1.51 bits per heavy atom. The second kappa shape index (κ2) is 23.3. The minimum absolute atomic E-state index is 0.0526. The fourth-order valence-corrected chi connectivity index (χ4v) is 4.54. The minimum atomic E-state index is -1.03. The first-order valence-corrected chi connectivity index (χ1v) is 15.8. The fourth-order valence-electron chi connectivity index (χ4n) is 4.54. The summed E-state index contributed by atoms with van der Waals surface area (Å²) < 4.78 is 49.1. The molecule has 3 rings (SSSR count). The number of benzene rings is 1. The van der Waals surface area contributed by atoms with Gasteiger partial charge in [-0.15, -0.1) is 0 Å². The molecule has 0 radical (unpaired) electrons. The molecule has 1 unspecified atom stereocenters. The van der Waals surface area contributed by atoms with E-state index < -0.39 is 29.7 Å². The molecule has 0 saturated carbocycles. The maximum atomic E-state index is 13.1. The Morgan fingerprint density at radius 1 is 0.617 bits per heavy atom. The zero-order valence-corrected chi connectivity index (χ0v) is 26.8. The molecule has 1 saturated heterocycles. The van der Waals surface area contributed by atoms with Gasteiger partial charge in [-0.05, 0) is 18.6 Å². The van der Waals surface area contributed by atoms with Crippen LogP contribution in [0.3, 0.4) is 0 Å². The lowest BCUT2D eigenvalue weighted by molar-refractivity contribution is -0.136. The summed E-state index contributed by atoms with van der Waals surface area (Å²) in [6.45, 7) is 7.84. The van der Waals surface area contributed by atoms with Crippen LogP contribution >= 0.6 is 0 Å². The molecular weight excluding hydrogens is 622 g/mol. The molecule has 0 aliphatic carbocycles. The molecule has 1 fully saturated rings. The summed E-state index contributed by atoms with van der Waals surface area (Å²) in [5, 5.41) is 2.18. The van der Waals surface area contributed by atoms with Gasteiger partial charge in [0.05, 0.1) is 117 Å². The lowest BCUT2D eigenvalue weighted by Gasteiger charge is -2.27. The van der Waals surface area contributed by atoms with Crippen LogP contribution in [0.5, 0.6) is 5.75 Å². The Labute approximate surface area is 274 Å². The molecule has 0 aromatic heterocycles. The van der Waals surface area contributed by atoms with Crippen LogP contribution in [0, 0.1) is 0 Å². The second-order valence-corrected chi connectivity index (χ2v) is 10.2. The van der Waals surface area contributed by atoms with Gasteiger partial charge >= 0.3 is 0 Å². The van der Waals surface area contributed by atoms with Crippen LogP contribution in [0.25, 0.3) is 0 Å². The van der Waals surface area contributed by atoms with Gasteiger partial charge in [0.2, 0.25) is 11.8 Å². The average Bonchev–Trinajstić information content (AvgIpc) is 3.32. The van der Waals surface area contributed by atoms with Gasteiger partial charge in [-0.2, -0.15) is 0 Å². The summed E-state index contributed by atoms with van der Waals surface area (Å²) in [4.78, 5) is 50.6.